The van der Waals surface area contributed by atoms with Crippen molar-refractivity contribution in [1.29, 1.82) is 0 Å². The Labute approximate surface area is 209 Å². The van der Waals surface area contributed by atoms with Crippen molar-refractivity contribution >= 4 is 18.0 Å². The van der Waals surface area contributed by atoms with Crippen LogP contribution in [-0.2, 0) is 25.7 Å². The van der Waals surface area contributed by atoms with Gasteiger partial charge in [-0.1, -0.05) is 84.8 Å². The number of hydrogen-bond acceptors (Lipinski definition) is 5. The minimum atomic E-state index is -1.64. The zero-order valence-electron chi connectivity index (χ0n) is 19.6. The zero-order valence-corrected chi connectivity index (χ0v) is 19.6. The molecule has 2 atom stereocenters. The lowest BCUT2D eigenvalue weighted by atomic mass is 9.98. The number of nitrogens with one attached hydrogen (secondary N) is 1. The fourth-order valence-electron chi connectivity index (χ4n) is 4.31. The first-order chi connectivity index (χ1) is 17.5. The third kappa shape index (κ3) is 5.39. The molecule has 36 heavy (non-hydrogen) atoms. The van der Waals surface area contributed by atoms with Gasteiger partial charge in [0.25, 0.3) is 0 Å². The van der Waals surface area contributed by atoms with Crippen molar-refractivity contribution in [3.63, 3.8) is 0 Å². The van der Waals surface area contributed by atoms with Crippen molar-refractivity contribution < 1.29 is 29.0 Å². The molecule has 7 nitrogen and oxygen atoms in total. The molecule has 0 fully saturated rings. The predicted molar refractivity (Wildman–Crippen MR) is 133 cm³/mol. The average molecular weight is 484 g/mol. The summed E-state index contributed by atoms with van der Waals surface area (Å²) in [5, 5.41) is 12.0. The number of carboxylic acid groups (broad SMARTS) is 1. The molecule has 3 aromatic rings. The summed E-state index contributed by atoms with van der Waals surface area (Å²) in [7, 11) is 0. The number of hydrogen-bond donors (Lipinski definition) is 2. The largest absolute Gasteiger partial charge is 0.480 e. The van der Waals surface area contributed by atoms with E-state index < -0.39 is 30.0 Å². The van der Waals surface area contributed by atoms with Gasteiger partial charge in [0.1, 0.15) is 19.1 Å². The molecule has 1 aliphatic rings. The average Bonchev–Trinajstić information content (AvgIpc) is 3.22. The van der Waals surface area contributed by atoms with Crippen molar-refractivity contribution in [3.8, 4) is 23.0 Å². The number of carbonyl (C=O) groups is 3. The van der Waals surface area contributed by atoms with Crippen LogP contribution in [0.3, 0.4) is 0 Å². The van der Waals surface area contributed by atoms with Gasteiger partial charge in [0.15, 0.2) is 6.04 Å². The minimum Gasteiger partial charge on any atom is -0.480 e. The summed E-state index contributed by atoms with van der Waals surface area (Å²) in [6.45, 7) is 1.44. The highest BCUT2D eigenvalue weighted by molar-refractivity contribution is 5.89. The van der Waals surface area contributed by atoms with Gasteiger partial charge >= 0.3 is 18.0 Å². The lowest BCUT2D eigenvalue weighted by Crippen LogP contribution is -2.48. The van der Waals surface area contributed by atoms with Crippen LogP contribution in [0.25, 0.3) is 11.1 Å². The number of ether oxygens (including phenoxy) is 2. The molecule has 182 valence electrons. The number of aliphatic carboxylic acids is 1. The maximum atomic E-state index is 12.7. The number of amides is 1. The first-order valence-electron chi connectivity index (χ1n) is 11.5. The molecular formula is C29H25NO6. The Kier molecular flexibility index (Phi) is 7.66. The van der Waals surface area contributed by atoms with E-state index in [1.54, 1.807) is 24.3 Å². The van der Waals surface area contributed by atoms with Gasteiger partial charge in [0.2, 0.25) is 0 Å². The van der Waals surface area contributed by atoms with E-state index in [-0.39, 0.29) is 19.1 Å². The Morgan fingerprint density at radius 2 is 1.47 bits per heavy atom. The number of carbonyl (C=O) groups excluding carboxylic acids is 2. The van der Waals surface area contributed by atoms with Crippen molar-refractivity contribution in [3.05, 3.63) is 95.6 Å². The van der Waals surface area contributed by atoms with Crippen LogP contribution in [0.2, 0.25) is 0 Å². The second kappa shape index (κ2) is 11.2. The second-order valence-electron chi connectivity index (χ2n) is 8.25. The van der Waals surface area contributed by atoms with Gasteiger partial charge in [-0.05, 0) is 34.7 Å². The van der Waals surface area contributed by atoms with Gasteiger partial charge in [-0.25, -0.2) is 9.59 Å². The number of carboxylic acids is 1. The Morgan fingerprint density at radius 1 is 0.889 bits per heavy atom. The maximum absolute atomic E-state index is 12.7. The van der Waals surface area contributed by atoms with E-state index in [2.05, 4.69) is 17.2 Å². The molecule has 0 spiro atoms. The van der Waals surface area contributed by atoms with Crippen molar-refractivity contribution in [1.82, 2.24) is 5.32 Å². The van der Waals surface area contributed by atoms with Gasteiger partial charge < -0.3 is 19.9 Å². The maximum Gasteiger partial charge on any atom is 0.407 e. The Hall–Kier alpha value is -4.57. The van der Waals surface area contributed by atoms with Crippen molar-refractivity contribution in [2.45, 2.75) is 25.5 Å². The van der Waals surface area contributed by atoms with Crippen LogP contribution in [0.5, 0.6) is 0 Å². The topological polar surface area (TPSA) is 102 Å². The van der Waals surface area contributed by atoms with Gasteiger partial charge in [-0.2, -0.15) is 0 Å². The summed E-state index contributed by atoms with van der Waals surface area (Å²) in [6, 6.07) is 23.1. The normalized spacial score (nSPS) is 13.2. The molecule has 0 radical (unpaired) electrons. The van der Waals surface area contributed by atoms with Crippen LogP contribution >= 0.6 is 0 Å². The highest BCUT2D eigenvalue weighted by Gasteiger charge is 2.36. The number of benzene rings is 3. The first-order valence-corrected chi connectivity index (χ1v) is 11.5. The second-order valence-corrected chi connectivity index (χ2v) is 8.25. The van der Waals surface area contributed by atoms with E-state index in [9.17, 15) is 19.5 Å². The molecule has 1 unspecified atom stereocenters. The van der Waals surface area contributed by atoms with Crippen LogP contribution in [0.1, 0.15) is 29.5 Å². The van der Waals surface area contributed by atoms with Gasteiger partial charge in [0, 0.05) is 5.92 Å². The summed E-state index contributed by atoms with van der Waals surface area (Å²) in [6.07, 6.45) is -0.956. The first kappa shape index (κ1) is 24.6. The molecule has 4 rings (SSSR count). The van der Waals surface area contributed by atoms with E-state index in [1.165, 1.54) is 6.92 Å². The molecule has 0 saturated carbocycles. The lowest BCUT2D eigenvalue weighted by Gasteiger charge is -2.20. The van der Waals surface area contributed by atoms with Crippen LogP contribution < -0.4 is 5.32 Å². The quantitative estimate of drug-likeness (QED) is 0.365. The van der Waals surface area contributed by atoms with Crippen molar-refractivity contribution in [2.24, 2.45) is 5.92 Å². The number of rotatable bonds is 8. The predicted octanol–water partition coefficient (Wildman–Crippen LogP) is 4.36. The molecule has 3 aromatic carbocycles. The third-order valence-electron chi connectivity index (χ3n) is 5.99. The molecule has 0 heterocycles. The van der Waals surface area contributed by atoms with Crippen LogP contribution in [0.15, 0.2) is 78.9 Å². The highest BCUT2D eigenvalue weighted by atomic mass is 16.6. The third-order valence-corrected chi connectivity index (χ3v) is 5.99. The summed E-state index contributed by atoms with van der Waals surface area (Å²) in [5.41, 5.74) is 4.95. The smallest absolute Gasteiger partial charge is 0.407 e. The number of esters is 1. The molecule has 1 aliphatic carbocycles. The van der Waals surface area contributed by atoms with E-state index in [4.69, 9.17) is 9.47 Å². The Bertz CT molecular complexity index is 1280. The Morgan fingerprint density at radius 3 is 2.06 bits per heavy atom. The van der Waals surface area contributed by atoms with E-state index >= 15 is 0 Å². The van der Waals surface area contributed by atoms with Gasteiger partial charge in [0.05, 0.1) is 0 Å². The molecule has 1 amide bonds. The van der Waals surface area contributed by atoms with Crippen LogP contribution in [-0.4, -0.2) is 35.8 Å². The number of fused-ring (bicyclic) bond motifs is 3. The molecule has 0 saturated heterocycles. The van der Waals surface area contributed by atoms with Gasteiger partial charge in [-0.3, -0.25) is 4.79 Å². The summed E-state index contributed by atoms with van der Waals surface area (Å²) < 4.78 is 10.7. The number of alkyl carbamates (subject to hydrolysis) is 1. The van der Waals surface area contributed by atoms with Gasteiger partial charge in [-0.15, -0.1) is 5.92 Å². The SMILES string of the molecule is CC#CC(C(=O)OCc1ccccc1)[C@@H](NC(=O)OCC1c2ccccc2-c2ccccc21)C(=O)O. The standard InChI is InChI=1S/C29H25NO6/c1-2-10-24(28(33)35-17-19-11-4-3-5-12-19)26(27(31)32)30-29(34)36-18-25-22-15-8-6-13-20(22)21-14-7-9-16-23(21)25/h3-9,11-16,24-26H,17-18H2,1H3,(H,30,34)(H,31,32)/t24?,26-/m1/s1. The summed E-state index contributed by atoms with van der Waals surface area (Å²) in [5.74, 6) is 1.24. The van der Waals surface area contributed by atoms with Crippen LogP contribution in [0.4, 0.5) is 4.79 Å². The molecule has 0 aliphatic heterocycles. The molecule has 7 heteroatoms. The molecule has 0 bridgehead atoms. The van der Waals surface area contributed by atoms with Crippen LogP contribution in [0, 0.1) is 17.8 Å². The van der Waals surface area contributed by atoms with E-state index in [0.29, 0.717) is 0 Å². The molecule has 0 aromatic heterocycles. The lowest BCUT2D eigenvalue weighted by molar-refractivity contribution is -0.153. The van der Waals surface area contributed by atoms with E-state index in [1.807, 2.05) is 54.6 Å². The van der Waals surface area contributed by atoms with E-state index in [0.717, 1.165) is 27.8 Å². The summed E-state index contributed by atoms with van der Waals surface area (Å²) in [4.78, 5) is 37.3. The monoisotopic (exact) mass is 483 g/mol. The minimum absolute atomic E-state index is 0.00871. The Balaban J connectivity index is 1.43. The highest BCUT2D eigenvalue weighted by Crippen LogP contribution is 2.44. The van der Waals surface area contributed by atoms with Crippen molar-refractivity contribution in [2.75, 3.05) is 6.61 Å². The zero-order chi connectivity index (χ0) is 25.5. The fraction of sp³-hybridized carbons (Fsp3) is 0.207. The fourth-order valence-corrected chi connectivity index (χ4v) is 4.31. The molecule has 2 N–H and O–H groups in total. The molecular weight excluding hydrogens is 458 g/mol. The summed E-state index contributed by atoms with van der Waals surface area (Å²) >= 11 is 0.